The smallest absolute Gasteiger partial charge is 0.263 e. The monoisotopic (exact) mass is 430 g/mol. The van der Waals surface area contributed by atoms with Crippen LogP contribution in [0.3, 0.4) is 0 Å². The molecule has 0 spiro atoms. The first kappa shape index (κ1) is 20.6. The van der Waals surface area contributed by atoms with Crippen LogP contribution in [0.15, 0.2) is 40.3 Å². The summed E-state index contributed by atoms with van der Waals surface area (Å²) in [5, 5.41) is 12.0. The lowest BCUT2D eigenvalue weighted by molar-refractivity contribution is 0.0937. The highest BCUT2D eigenvalue weighted by molar-refractivity contribution is 7.99. The van der Waals surface area contributed by atoms with E-state index in [1.165, 1.54) is 11.8 Å². The Balaban J connectivity index is 1.69. The highest BCUT2D eigenvalue weighted by Crippen LogP contribution is 2.31. The lowest BCUT2D eigenvalue weighted by atomic mass is 10.1. The second-order valence-electron chi connectivity index (χ2n) is 7.35. The number of nitrogens with zero attached hydrogens (tertiary/aromatic N) is 2. The van der Waals surface area contributed by atoms with Crippen molar-refractivity contribution in [1.82, 2.24) is 9.55 Å². The Bertz CT molecular complexity index is 1040. The molecule has 3 heterocycles. The average Bonchev–Trinajstić information content (AvgIpc) is 3.36. The largest absolute Gasteiger partial charge is 0.388 e. The Kier molecular flexibility index (Phi) is 6.39. The molecule has 0 radical (unpaired) electrons. The average molecular weight is 431 g/mol. The molecular weight excluding hydrogens is 404 g/mol. The fourth-order valence-corrected chi connectivity index (χ4v) is 5.98. The molecule has 5 nitrogen and oxygen atoms in total. The van der Waals surface area contributed by atoms with Crippen molar-refractivity contribution in [2.45, 2.75) is 57.0 Å². The van der Waals surface area contributed by atoms with Crippen LogP contribution in [0, 0.1) is 6.92 Å². The van der Waals surface area contributed by atoms with Crippen LogP contribution in [0.25, 0.3) is 10.2 Å². The number of thioether (sulfide) groups is 1. The second-order valence-corrected chi connectivity index (χ2v) is 9.54. The number of rotatable bonds is 7. The minimum Gasteiger partial charge on any atom is -0.388 e. The third kappa shape index (κ3) is 4.28. The summed E-state index contributed by atoms with van der Waals surface area (Å²) in [7, 11) is 0. The number of aliphatic hydroxyl groups excluding tert-OH is 1. The minimum absolute atomic E-state index is 0.0170. The van der Waals surface area contributed by atoms with Gasteiger partial charge in [-0.2, -0.15) is 0 Å². The summed E-state index contributed by atoms with van der Waals surface area (Å²) in [6.45, 7) is 5.41. The van der Waals surface area contributed by atoms with Crippen LogP contribution >= 0.6 is 23.1 Å². The van der Waals surface area contributed by atoms with Gasteiger partial charge in [0.1, 0.15) is 4.83 Å². The van der Waals surface area contributed by atoms with E-state index >= 15 is 0 Å². The van der Waals surface area contributed by atoms with E-state index in [1.807, 2.05) is 30.3 Å². The van der Waals surface area contributed by atoms with Gasteiger partial charge in [-0.3, -0.25) is 9.36 Å². The zero-order valence-electron chi connectivity index (χ0n) is 16.8. The molecule has 3 aromatic rings. The van der Waals surface area contributed by atoms with Gasteiger partial charge in [0.05, 0.1) is 24.1 Å². The van der Waals surface area contributed by atoms with Crippen LogP contribution in [-0.4, -0.2) is 33.1 Å². The summed E-state index contributed by atoms with van der Waals surface area (Å²) in [5.41, 5.74) is 1.99. The predicted molar refractivity (Wildman–Crippen MR) is 119 cm³/mol. The number of hydrogen-bond donors (Lipinski definition) is 1. The van der Waals surface area contributed by atoms with Gasteiger partial charge < -0.3 is 9.84 Å². The normalized spacial score (nSPS) is 17.8. The molecule has 154 valence electrons. The molecule has 1 fully saturated rings. The van der Waals surface area contributed by atoms with Crippen molar-refractivity contribution in [1.29, 1.82) is 0 Å². The van der Waals surface area contributed by atoms with Gasteiger partial charge in [0.25, 0.3) is 5.56 Å². The van der Waals surface area contributed by atoms with E-state index in [0.717, 1.165) is 52.1 Å². The first-order valence-corrected chi connectivity index (χ1v) is 11.9. The van der Waals surface area contributed by atoms with E-state index in [4.69, 9.17) is 9.72 Å². The lowest BCUT2D eigenvalue weighted by Crippen LogP contribution is -2.29. The lowest BCUT2D eigenvalue weighted by Gasteiger charge is -2.17. The highest BCUT2D eigenvalue weighted by atomic mass is 32.2. The third-order valence-electron chi connectivity index (χ3n) is 5.40. The van der Waals surface area contributed by atoms with Gasteiger partial charge in [-0.25, -0.2) is 4.98 Å². The first-order chi connectivity index (χ1) is 14.1. The van der Waals surface area contributed by atoms with Crippen LogP contribution in [0.2, 0.25) is 0 Å². The van der Waals surface area contributed by atoms with Gasteiger partial charge in [0, 0.05) is 17.2 Å². The molecular formula is C22H26N2O3S2. The molecule has 1 aromatic carbocycles. The van der Waals surface area contributed by atoms with Gasteiger partial charge in [-0.05, 0) is 37.3 Å². The number of aliphatic hydroxyl groups is 1. The quantitative estimate of drug-likeness (QED) is 0.446. The fourth-order valence-electron chi connectivity index (χ4n) is 3.84. The number of ether oxygens (including phenoxy) is 1. The maximum atomic E-state index is 13.4. The number of fused-ring (bicyclic) bond motifs is 1. The van der Waals surface area contributed by atoms with Crippen molar-refractivity contribution in [3.8, 4) is 0 Å². The molecule has 0 saturated carbocycles. The summed E-state index contributed by atoms with van der Waals surface area (Å²) >= 11 is 3.02. The molecule has 0 bridgehead atoms. The Morgan fingerprint density at radius 3 is 2.86 bits per heavy atom. The van der Waals surface area contributed by atoms with Crippen LogP contribution in [0.1, 0.15) is 41.9 Å². The molecule has 0 amide bonds. The molecule has 2 atom stereocenters. The zero-order valence-corrected chi connectivity index (χ0v) is 18.4. The number of aryl methyl sites for hydroxylation is 2. The summed E-state index contributed by atoms with van der Waals surface area (Å²) in [4.78, 5) is 20.2. The number of thiophene rings is 1. The molecule has 7 heteroatoms. The van der Waals surface area contributed by atoms with Gasteiger partial charge in [0.2, 0.25) is 0 Å². The van der Waals surface area contributed by atoms with Crippen molar-refractivity contribution in [2.75, 3.05) is 12.4 Å². The molecule has 4 rings (SSSR count). The number of aromatic nitrogens is 2. The van der Waals surface area contributed by atoms with E-state index in [9.17, 15) is 9.90 Å². The third-order valence-corrected chi connectivity index (χ3v) is 7.49. The maximum Gasteiger partial charge on any atom is 0.263 e. The summed E-state index contributed by atoms with van der Waals surface area (Å²) in [6.07, 6.45) is 2.26. The van der Waals surface area contributed by atoms with Gasteiger partial charge in [0.15, 0.2) is 5.16 Å². The minimum atomic E-state index is -0.610. The molecule has 2 aromatic heterocycles. The summed E-state index contributed by atoms with van der Waals surface area (Å²) in [5.74, 6) is 0.443. The van der Waals surface area contributed by atoms with Crippen molar-refractivity contribution >= 4 is 33.3 Å². The molecule has 1 aliphatic heterocycles. The van der Waals surface area contributed by atoms with Gasteiger partial charge in [-0.15, -0.1) is 11.3 Å². The van der Waals surface area contributed by atoms with Crippen LogP contribution in [-0.2, 0) is 17.7 Å². The van der Waals surface area contributed by atoms with Crippen molar-refractivity contribution in [2.24, 2.45) is 0 Å². The molecule has 29 heavy (non-hydrogen) atoms. The zero-order chi connectivity index (χ0) is 20.4. The number of hydrogen-bond acceptors (Lipinski definition) is 6. The van der Waals surface area contributed by atoms with E-state index < -0.39 is 6.10 Å². The van der Waals surface area contributed by atoms with Crippen molar-refractivity contribution in [3.05, 3.63) is 56.7 Å². The molecule has 1 aliphatic rings. The SMILES string of the molecule is CCc1c(C)sc2nc(SCC(O)c3ccccc3)n(CC3CCCO3)c(=O)c12. The van der Waals surface area contributed by atoms with E-state index in [0.29, 0.717) is 17.5 Å². The van der Waals surface area contributed by atoms with Crippen molar-refractivity contribution < 1.29 is 9.84 Å². The van der Waals surface area contributed by atoms with Crippen LogP contribution < -0.4 is 5.56 Å². The fraction of sp³-hybridized carbons (Fsp3) is 0.455. The van der Waals surface area contributed by atoms with Crippen molar-refractivity contribution in [3.63, 3.8) is 0 Å². The Hall–Kier alpha value is -1.67. The van der Waals surface area contributed by atoms with E-state index in [-0.39, 0.29) is 11.7 Å². The molecule has 1 saturated heterocycles. The Labute approximate surface area is 178 Å². The van der Waals surface area contributed by atoms with Gasteiger partial charge in [-0.1, -0.05) is 49.0 Å². The second kappa shape index (κ2) is 9.00. The predicted octanol–water partition coefficient (Wildman–Crippen LogP) is 4.33. The van der Waals surface area contributed by atoms with E-state index in [1.54, 1.807) is 15.9 Å². The maximum absolute atomic E-state index is 13.4. The standard InChI is InChI=1S/C22H26N2O3S2/c1-3-17-14(2)29-20-19(17)21(26)24(12-16-10-7-11-27-16)22(23-20)28-13-18(25)15-8-5-4-6-9-15/h4-6,8-9,16,18,25H,3,7,10-13H2,1-2H3. The highest BCUT2D eigenvalue weighted by Gasteiger charge is 2.23. The first-order valence-electron chi connectivity index (χ1n) is 10.1. The number of benzene rings is 1. The Morgan fingerprint density at radius 2 is 2.17 bits per heavy atom. The van der Waals surface area contributed by atoms with E-state index in [2.05, 4.69) is 13.8 Å². The summed E-state index contributed by atoms with van der Waals surface area (Å²) < 4.78 is 7.56. The molecule has 1 N–H and O–H groups in total. The van der Waals surface area contributed by atoms with Crippen LogP contribution in [0.5, 0.6) is 0 Å². The van der Waals surface area contributed by atoms with Gasteiger partial charge >= 0.3 is 0 Å². The molecule has 2 unspecified atom stereocenters. The van der Waals surface area contributed by atoms with Crippen LogP contribution in [0.4, 0.5) is 0 Å². The summed E-state index contributed by atoms with van der Waals surface area (Å²) in [6, 6.07) is 9.60. The molecule has 0 aliphatic carbocycles. The topological polar surface area (TPSA) is 64.3 Å². The Morgan fingerprint density at radius 1 is 1.38 bits per heavy atom.